The first-order valence-corrected chi connectivity index (χ1v) is 7.20. The summed E-state index contributed by atoms with van der Waals surface area (Å²) in [5.74, 6) is 0. The highest BCUT2D eigenvalue weighted by Gasteiger charge is 2.14. The number of rotatable bonds is 7. The van der Waals surface area contributed by atoms with E-state index in [1.54, 1.807) is 0 Å². The van der Waals surface area contributed by atoms with Crippen LogP contribution in [-0.4, -0.2) is 41.0 Å². The first-order chi connectivity index (χ1) is 9.28. The standard InChI is InChI=1S/C15H25N3O/c1-3-8-18-13-14(11-16-18)12-17(2)9-7-15-6-4-5-10-19-15/h3,11,13,15H,1,4-10,12H2,2H3/t15-/m1/s1. The topological polar surface area (TPSA) is 30.3 Å². The van der Waals surface area contributed by atoms with Gasteiger partial charge in [-0.1, -0.05) is 6.08 Å². The predicted octanol–water partition coefficient (Wildman–Crippen LogP) is 2.46. The molecule has 0 aromatic carbocycles. The van der Waals surface area contributed by atoms with E-state index in [2.05, 4.69) is 29.8 Å². The van der Waals surface area contributed by atoms with Crippen LogP contribution in [0.2, 0.25) is 0 Å². The molecule has 0 unspecified atom stereocenters. The zero-order valence-corrected chi connectivity index (χ0v) is 11.9. The zero-order chi connectivity index (χ0) is 13.5. The highest BCUT2D eigenvalue weighted by Crippen LogP contribution is 2.16. The Labute approximate surface area is 116 Å². The van der Waals surface area contributed by atoms with E-state index in [0.717, 1.165) is 32.7 Å². The first-order valence-electron chi connectivity index (χ1n) is 7.20. The minimum Gasteiger partial charge on any atom is -0.378 e. The third kappa shape index (κ3) is 4.80. The molecule has 1 aromatic heterocycles. The second kappa shape index (κ2) is 7.46. The lowest BCUT2D eigenvalue weighted by atomic mass is 10.1. The minimum absolute atomic E-state index is 0.472. The summed E-state index contributed by atoms with van der Waals surface area (Å²) in [7, 11) is 2.16. The fraction of sp³-hybridized carbons (Fsp3) is 0.667. The van der Waals surface area contributed by atoms with Crippen molar-refractivity contribution in [2.75, 3.05) is 20.2 Å². The van der Waals surface area contributed by atoms with Crippen LogP contribution in [0.25, 0.3) is 0 Å². The number of hydrogen-bond donors (Lipinski definition) is 0. The quantitative estimate of drug-likeness (QED) is 0.708. The van der Waals surface area contributed by atoms with Gasteiger partial charge in [-0.05, 0) is 32.7 Å². The van der Waals surface area contributed by atoms with Gasteiger partial charge in [-0.3, -0.25) is 4.68 Å². The van der Waals surface area contributed by atoms with Crippen molar-refractivity contribution in [3.05, 3.63) is 30.6 Å². The molecule has 2 heterocycles. The molecule has 1 atom stereocenters. The molecule has 4 nitrogen and oxygen atoms in total. The van der Waals surface area contributed by atoms with Crippen molar-refractivity contribution < 1.29 is 4.74 Å². The van der Waals surface area contributed by atoms with E-state index in [1.165, 1.54) is 24.8 Å². The Morgan fingerprint density at radius 2 is 2.47 bits per heavy atom. The molecule has 1 aliphatic rings. The van der Waals surface area contributed by atoms with E-state index < -0.39 is 0 Å². The number of ether oxygens (including phenoxy) is 1. The molecule has 1 saturated heterocycles. The van der Waals surface area contributed by atoms with Crippen molar-refractivity contribution in [3.8, 4) is 0 Å². The Morgan fingerprint density at radius 3 is 3.21 bits per heavy atom. The van der Waals surface area contributed by atoms with Gasteiger partial charge in [-0.2, -0.15) is 5.10 Å². The third-order valence-electron chi connectivity index (χ3n) is 3.56. The molecule has 0 N–H and O–H groups in total. The molecule has 0 radical (unpaired) electrons. The molecule has 1 fully saturated rings. The van der Waals surface area contributed by atoms with E-state index in [1.807, 2.05) is 17.0 Å². The fourth-order valence-electron chi connectivity index (χ4n) is 2.51. The zero-order valence-electron chi connectivity index (χ0n) is 11.9. The van der Waals surface area contributed by atoms with Crippen molar-refractivity contribution in [1.82, 2.24) is 14.7 Å². The monoisotopic (exact) mass is 263 g/mol. The summed E-state index contributed by atoms with van der Waals surface area (Å²) in [4.78, 5) is 2.34. The van der Waals surface area contributed by atoms with Gasteiger partial charge in [0.1, 0.15) is 0 Å². The van der Waals surface area contributed by atoms with Crippen LogP contribution in [0.4, 0.5) is 0 Å². The summed E-state index contributed by atoms with van der Waals surface area (Å²) in [5.41, 5.74) is 1.26. The van der Waals surface area contributed by atoms with Crippen molar-refractivity contribution in [2.24, 2.45) is 0 Å². The van der Waals surface area contributed by atoms with Gasteiger partial charge >= 0.3 is 0 Å². The number of nitrogens with zero attached hydrogens (tertiary/aromatic N) is 3. The fourth-order valence-corrected chi connectivity index (χ4v) is 2.51. The molecule has 1 aliphatic heterocycles. The lowest BCUT2D eigenvalue weighted by Gasteiger charge is -2.25. The average Bonchev–Trinajstić information content (AvgIpc) is 2.85. The molecule has 0 spiro atoms. The van der Waals surface area contributed by atoms with Gasteiger partial charge in [0.2, 0.25) is 0 Å². The molecule has 2 rings (SSSR count). The van der Waals surface area contributed by atoms with Crippen LogP contribution in [0.1, 0.15) is 31.2 Å². The van der Waals surface area contributed by atoms with Crippen LogP contribution in [0.15, 0.2) is 25.0 Å². The van der Waals surface area contributed by atoms with Crippen LogP contribution in [0.3, 0.4) is 0 Å². The predicted molar refractivity (Wildman–Crippen MR) is 77.0 cm³/mol. The van der Waals surface area contributed by atoms with Crippen LogP contribution in [-0.2, 0) is 17.8 Å². The Hall–Kier alpha value is -1.13. The number of allylic oxidation sites excluding steroid dienone is 1. The summed E-state index contributed by atoms with van der Waals surface area (Å²) in [6, 6.07) is 0. The van der Waals surface area contributed by atoms with Gasteiger partial charge in [0.25, 0.3) is 0 Å². The van der Waals surface area contributed by atoms with Gasteiger partial charge in [0, 0.05) is 31.5 Å². The molecule has 0 bridgehead atoms. The summed E-state index contributed by atoms with van der Waals surface area (Å²) < 4.78 is 7.68. The maximum atomic E-state index is 5.76. The smallest absolute Gasteiger partial charge is 0.0587 e. The van der Waals surface area contributed by atoms with Crippen molar-refractivity contribution in [3.63, 3.8) is 0 Å². The molecule has 0 aliphatic carbocycles. The van der Waals surface area contributed by atoms with Gasteiger partial charge in [-0.25, -0.2) is 0 Å². The lowest BCUT2D eigenvalue weighted by molar-refractivity contribution is 0.00641. The molecule has 106 valence electrons. The second-order valence-corrected chi connectivity index (χ2v) is 5.37. The largest absolute Gasteiger partial charge is 0.378 e. The van der Waals surface area contributed by atoms with E-state index in [4.69, 9.17) is 4.74 Å². The van der Waals surface area contributed by atoms with E-state index in [-0.39, 0.29) is 0 Å². The Morgan fingerprint density at radius 1 is 1.58 bits per heavy atom. The normalized spacial score (nSPS) is 19.8. The molecular formula is C15H25N3O. The summed E-state index contributed by atoms with van der Waals surface area (Å²) in [6.07, 6.45) is 11.3. The highest BCUT2D eigenvalue weighted by atomic mass is 16.5. The minimum atomic E-state index is 0.472. The van der Waals surface area contributed by atoms with E-state index in [0.29, 0.717) is 6.10 Å². The molecule has 4 heteroatoms. The Bertz CT molecular complexity index is 382. The van der Waals surface area contributed by atoms with Gasteiger partial charge in [0.05, 0.1) is 18.8 Å². The van der Waals surface area contributed by atoms with Crippen LogP contribution >= 0.6 is 0 Å². The summed E-state index contributed by atoms with van der Waals surface area (Å²) in [6.45, 7) is 7.48. The lowest BCUT2D eigenvalue weighted by Crippen LogP contribution is -2.26. The van der Waals surface area contributed by atoms with Crippen molar-refractivity contribution >= 4 is 0 Å². The van der Waals surface area contributed by atoms with Gasteiger partial charge in [0.15, 0.2) is 0 Å². The molecular weight excluding hydrogens is 238 g/mol. The van der Waals surface area contributed by atoms with Crippen molar-refractivity contribution in [2.45, 2.75) is 44.9 Å². The van der Waals surface area contributed by atoms with Crippen molar-refractivity contribution in [1.29, 1.82) is 0 Å². The molecule has 19 heavy (non-hydrogen) atoms. The summed E-state index contributed by atoms with van der Waals surface area (Å²) >= 11 is 0. The number of hydrogen-bond acceptors (Lipinski definition) is 3. The second-order valence-electron chi connectivity index (χ2n) is 5.37. The van der Waals surface area contributed by atoms with Crippen LogP contribution in [0.5, 0.6) is 0 Å². The van der Waals surface area contributed by atoms with Crippen LogP contribution in [0, 0.1) is 0 Å². The number of aromatic nitrogens is 2. The van der Waals surface area contributed by atoms with Gasteiger partial charge < -0.3 is 9.64 Å². The maximum absolute atomic E-state index is 5.76. The van der Waals surface area contributed by atoms with E-state index in [9.17, 15) is 0 Å². The van der Waals surface area contributed by atoms with Gasteiger partial charge in [-0.15, -0.1) is 6.58 Å². The average molecular weight is 263 g/mol. The highest BCUT2D eigenvalue weighted by molar-refractivity contribution is 5.03. The Kier molecular flexibility index (Phi) is 5.61. The maximum Gasteiger partial charge on any atom is 0.0587 e. The third-order valence-corrected chi connectivity index (χ3v) is 3.56. The SMILES string of the molecule is C=CCn1cc(CN(C)CC[C@H]2CCCCO2)cn1. The molecule has 0 saturated carbocycles. The Balaban J connectivity index is 1.70. The van der Waals surface area contributed by atoms with Crippen LogP contribution < -0.4 is 0 Å². The molecule has 0 amide bonds. The molecule has 1 aromatic rings. The first kappa shape index (κ1) is 14.3. The van der Waals surface area contributed by atoms with E-state index >= 15 is 0 Å². The summed E-state index contributed by atoms with van der Waals surface area (Å²) in [5, 5.41) is 4.30.